The summed E-state index contributed by atoms with van der Waals surface area (Å²) in [4.78, 5) is 23.5. The number of rotatable bonds is 7. The van der Waals surface area contributed by atoms with E-state index in [4.69, 9.17) is 4.74 Å². The monoisotopic (exact) mass is 375 g/mol. The Kier molecular flexibility index (Phi) is 6.81. The van der Waals surface area contributed by atoms with Gasteiger partial charge in [-0.2, -0.15) is 0 Å². The van der Waals surface area contributed by atoms with E-state index in [1.54, 1.807) is 24.3 Å². The molecule has 0 saturated carbocycles. The van der Waals surface area contributed by atoms with Gasteiger partial charge in [0.2, 0.25) is 0 Å². The Morgan fingerprint density at radius 2 is 1.70 bits per heavy atom. The minimum absolute atomic E-state index is 0.272. The number of carbonyl (C=O) groups is 2. The minimum atomic E-state index is -0.517. The third-order valence-corrected chi connectivity index (χ3v) is 3.93. The van der Waals surface area contributed by atoms with Crippen molar-refractivity contribution in [2.24, 2.45) is 0 Å². The molecule has 0 aliphatic heterocycles. The number of aryl methyl sites for hydroxylation is 1. The highest BCUT2D eigenvalue weighted by atomic mass is 79.9. The maximum absolute atomic E-state index is 11.9. The molecule has 0 fully saturated rings. The molecule has 4 nitrogen and oxygen atoms in total. The van der Waals surface area contributed by atoms with E-state index in [0.29, 0.717) is 16.6 Å². The summed E-state index contributed by atoms with van der Waals surface area (Å²) in [6.07, 6.45) is 1.74. The molecule has 120 valence electrons. The van der Waals surface area contributed by atoms with E-state index in [9.17, 15) is 9.59 Å². The van der Waals surface area contributed by atoms with Crippen LogP contribution in [-0.4, -0.2) is 25.0 Å². The van der Waals surface area contributed by atoms with Crippen molar-refractivity contribution in [2.45, 2.75) is 12.8 Å². The molecule has 0 aromatic heterocycles. The Morgan fingerprint density at radius 3 is 2.43 bits per heavy atom. The normalized spacial score (nSPS) is 10.1. The molecule has 23 heavy (non-hydrogen) atoms. The van der Waals surface area contributed by atoms with Crippen LogP contribution in [0.25, 0.3) is 0 Å². The van der Waals surface area contributed by atoms with Crippen LogP contribution in [0.1, 0.15) is 22.3 Å². The summed E-state index contributed by atoms with van der Waals surface area (Å²) in [5.74, 6) is -0.810. The number of halogens is 1. The zero-order valence-electron chi connectivity index (χ0n) is 12.6. The van der Waals surface area contributed by atoms with Gasteiger partial charge in [-0.25, -0.2) is 4.79 Å². The predicted molar refractivity (Wildman–Crippen MR) is 92.2 cm³/mol. The third-order valence-electron chi connectivity index (χ3n) is 3.24. The van der Waals surface area contributed by atoms with Gasteiger partial charge in [-0.05, 0) is 46.5 Å². The van der Waals surface area contributed by atoms with Crippen molar-refractivity contribution in [1.82, 2.24) is 5.32 Å². The fourth-order valence-corrected chi connectivity index (χ4v) is 2.50. The van der Waals surface area contributed by atoms with E-state index in [2.05, 4.69) is 33.4 Å². The van der Waals surface area contributed by atoms with Gasteiger partial charge >= 0.3 is 5.97 Å². The Labute approximate surface area is 144 Å². The number of ether oxygens (including phenoxy) is 1. The van der Waals surface area contributed by atoms with Crippen LogP contribution in [0, 0.1) is 0 Å². The molecular formula is C18H18BrNO3. The summed E-state index contributed by atoms with van der Waals surface area (Å²) in [5.41, 5.74) is 1.64. The average Bonchev–Trinajstić information content (AvgIpc) is 2.58. The van der Waals surface area contributed by atoms with E-state index < -0.39 is 5.97 Å². The largest absolute Gasteiger partial charge is 0.452 e. The minimum Gasteiger partial charge on any atom is -0.452 e. The number of amides is 1. The van der Waals surface area contributed by atoms with E-state index >= 15 is 0 Å². The lowest BCUT2D eigenvalue weighted by molar-refractivity contribution is -0.124. The summed E-state index contributed by atoms with van der Waals surface area (Å²) in [6, 6.07) is 17.0. The average molecular weight is 376 g/mol. The highest BCUT2D eigenvalue weighted by molar-refractivity contribution is 9.10. The van der Waals surface area contributed by atoms with Gasteiger partial charge in [-0.1, -0.05) is 42.5 Å². The smallest absolute Gasteiger partial charge is 0.339 e. The van der Waals surface area contributed by atoms with Gasteiger partial charge in [0.05, 0.1) is 5.56 Å². The highest BCUT2D eigenvalue weighted by Crippen LogP contribution is 2.16. The van der Waals surface area contributed by atoms with Gasteiger partial charge in [0, 0.05) is 11.0 Å². The second-order valence-electron chi connectivity index (χ2n) is 5.00. The molecule has 2 rings (SSSR count). The van der Waals surface area contributed by atoms with Gasteiger partial charge < -0.3 is 10.1 Å². The fourth-order valence-electron chi connectivity index (χ4n) is 2.05. The Balaban J connectivity index is 1.65. The molecule has 0 heterocycles. The topological polar surface area (TPSA) is 55.4 Å². The first-order valence-electron chi connectivity index (χ1n) is 7.39. The van der Waals surface area contributed by atoms with Crippen LogP contribution in [-0.2, 0) is 16.0 Å². The van der Waals surface area contributed by atoms with Crippen molar-refractivity contribution < 1.29 is 14.3 Å². The molecule has 0 aliphatic rings. The maximum Gasteiger partial charge on any atom is 0.339 e. The van der Waals surface area contributed by atoms with Crippen LogP contribution in [0.5, 0.6) is 0 Å². The van der Waals surface area contributed by atoms with Crippen LogP contribution >= 0.6 is 15.9 Å². The number of hydrogen-bond donors (Lipinski definition) is 1. The van der Waals surface area contributed by atoms with Crippen LogP contribution < -0.4 is 5.32 Å². The van der Waals surface area contributed by atoms with Crippen LogP contribution in [0.2, 0.25) is 0 Å². The summed E-state index contributed by atoms with van der Waals surface area (Å²) in [7, 11) is 0. The Bertz CT molecular complexity index is 658. The van der Waals surface area contributed by atoms with Crippen molar-refractivity contribution >= 4 is 27.8 Å². The van der Waals surface area contributed by atoms with Crippen molar-refractivity contribution in [2.75, 3.05) is 13.2 Å². The SMILES string of the molecule is O=C(COC(=O)c1ccccc1Br)NCCCc1ccccc1. The van der Waals surface area contributed by atoms with Crippen LogP contribution in [0.15, 0.2) is 59.1 Å². The quantitative estimate of drug-likeness (QED) is 0.596. The Hall–Kier alpha value is -2.14. The lowest BCUT2D eigenvalue weighted by Gasteiger charge is -2.07. The Morgan fingerprint density at radius 1 is 1.00 bits per heavy atom. The molecule has 0 spiro atoms. The first-order valence-corrected chi connectivity index (χ1v) is 8.18. The number of carbonyl (C=O) groups excluding carboxylic acids is 2. The van der Waals surface area contributed by atoms with Crippen LogP contribution in [0.4, 0.5) is 0 Å². The van der Waals surface area contributed by atoms with Gasteiger partial charge in [-0.3, -0.25) is 4.79 Å². The molecule has 0 bridgehead atoms. The van der Waals surface area contributed by atoms with Gasteiger partial charge in [0.25, 0.3) is 5.91 Å². The molecule has 1 amide bonds. The zero-order chi connectivity index (χ0) is 16.5. The summed E-state index contributed by atoms with van der Waals surface area (Å²) >= 11 is 3.28. The van der Waals surface area contributed by atoms with E-state index in [-0.39, 0.29) is 12.5 Å². The number of nitrogens with one attached hydrogen (secondary N) is 1. The number of hydrogen-bond acceptors (Lipinski definition) is 3. The highest BCUT2D eigenvalue weighted by Gasteiger charge is 2.12. The summed E-state index contributed by atoms with van der Waals surface area (Å²) in [6.45, 7) is 0.284. The van der Waals surface area contributed by atoms with Crippen molar-refractivity contribution in [1.29, 1.82) is 0 Å². The first kappa shape index (κ1) is 17.2. The molecule has 5 heteroatoms. The van der Waals surface area contributed by atoms with Gasteiger partial charge in [0.15, 0.2) is 6.61 Å². The van der Waals surface area contributed by atoms with Crippen molar-refractivity contribution in [3.63, 3.8) is 0 Å². The molecule has 0 saturated heterocycles. The molecule has 0 aliphatic carbocycles. The third kappa shape index (κ3) is 5.87. The van der Waals surface area contributed by atoms with E-state index in [1.165, 1.54) is 5.56 Å². The summed E-state index contributed by atoms with van der Waals surface area (Å²) < 4.78 is 5.65. The molecule has 2 aromatic carbocycles. The molecular weight excluding hydrogens is 358 g/mol. The van der Waals surface area contributed by atoms with Gasteiger partial charge in [0.1, 0.15) is 0 Å². The fraction of sp³-hybridized carbons (Fsp3) is 0.222. The number of esters is 1. The van der Waals surface area contributed by atoms with Crippen molar-refractivity contribution in [3.05, 3.63) is 70.2 Å². The van der Waals surface area contributed by atoms with E-state index in [1.807, 2.05) is 18.2 Å². The van der Waals surface area contributed by atoms with Crippen LogP contribution in [0.3, 0.4) is 0 Å². The van der Waals surface area contributed by atoms with Crippen molar-refractivity contribution in [3.8, 4) is 0 Å². The molecule has 0 unspecified atom stereocenters. The standard InChI is InChI=1S/C18H18BrNO3/c19-16-11-5-4-10-15(16)18(22)23-13-17(21)20-12-6-9-14-7-2-1-3-8-14/h1-5,7-8,10-11H,6,9,12-13H2,(H,20,21). The molecule has 1 N–H and O–H groups in total. The molecule has 0 atom stereocenters. The lowest BCUT2D eigenvalue weighted by Crippen LogP contribution is -2.29. The second kappa shape index (κ2) is 9.10. The predicted octanol–water partition coefficient (Wildman–Crippen LogP) is 3.35. The summed E-state index contributed by atoms with van der Waals surface area (Å²) in [5, 5.41) is 2.75. The first-order chi connectivity index (χ1) is 11.2. The number of benzene rings is 2. The van der Waals surface area contributed by atoms with Gasteiger partial charge in [-0.15, -0.1) is 0 Å². The van der Waals surface area contributed by atoms with E-state index in [0.717, 1.165) is 12.8 Å². The maximum atomic E-state index is 11.9. The lowest BCUT2D eigenvalue weighted by atomic mass is 10.1. The molecule has 0 radical (unpaired) electrons. The molecule has 2 aromatic rings. The zero-order valence-corrected chi connectivity index (χ0v) is 14.2. The second-order valence-corrected chi connectivity index (χ2v) is 5.85.